The molecule has 2 aromatic carbocycles. The molecule has 3 aromatic rings. The van der Waals surface area contributed by atoms with E-state index in [2.05, 4.69) is 34.5 Å². The van der Waals surface area contributed by atoms with E-state index in [0.717, 1.165) is 25.2 Å². The summed E-state index contributed by atoms with van der Waals surface area (Å²) < 4.78 is 1.62. The number of hydrogen-bond acceptors (Lipinski definition) is 3. The number of para-hydroxylation sites is 1. The Labute approximate surface area is 164 Å². The van der Waals surface area contributed by atoms with E-state index in [1.165, 1.54) is 5.56 Å². The van der Waals surface area contributed by atoms with Crippen LogP contribution in [-0.2, 0) is 6.54 Å². The van der Waals surface area contributed by atoms with Gasteiger partial charge in [0, 0.05) is 19.3 Å². The summed E-state index contributed by atoms with van der Waals surface area (Å²) in [5.41, 5.74) is 2.42. The second-order valence-electron chi connectivity index (χ2n) is 6.43. The number of nitrogens with zero attached hydrogens (tertiary/aromatic N) is 3. The Morgan fingerprint density at radius 1 is 1.11 bits per heavy atom. The molecule has 140 valence electrons. The fraction of sp³-hybridized carbons (Fsp3) is 0.238. The number of halogens is 1. The molecule has 0 fully saturated rings. The van der Waals surface area contributed by atoms with Gasteiger partial charge in [0.2, 0.25) is 0 Å². The normalized spacial score (nSPS) is 10.9. The van der Waals surface area contributed by atoms with Crippen molar-refractivity contribution in [3.8, 4) is 5.69 Å². The van der Waals surface area contributed by atoms with Crippen LogP contribution in [0.2, 0.25) is 5.02 Å². The quantitative estimate of drug-likeness (QED) is 0.603. The number of amides is 1. The molecule has 1 amide bonds. The summed E-state index contributed by atoms with van der Waals surface area (Å²) in [6, 6.07) is 19.4. The first-order chi connectivity index (χ1) is 13.1. The molecule has 0 spiro atoms. The topological polar surface area (TPSA) is 50.2 Å². The Kier molecular flexibility index (Phi) is 6.63. The van der Waals surface area contributed by atoms with Crippen molar-refractivity contribution in [2.24, 2.45) is 0 Å². The van der Waals surface area contributed by atoms with Gasteiger partial charge < -0.3 is 10.2 Å². The molecule has 0 aliphatic heterocycles. The minimum atomic E-state index is -0.175. The van der Waals surface area contributed by atoms with Crippen LogP contribution in [0.4, 0.5) is 0 Å². The standard InChI is InChI=1S/C21H23ClN4O/c1-25(16-17-8-3-2-4-9-17)14-7-13-23-21(27)19-12-15-26(24-19)20-11-6-5-10-18(20)22/h2-6,8-12,15H,7,13-14,16H2,1H3,(H,23,27). The van der Waals surface area contributed by atoms with Crippen LogP contribution in [0, 0.1) is 0 Å². The van der Waals surface area contributed by atoms with Crippen molar-refractivity contribution in [2.45, 2.75) is 13.0 Å². The summed E-state index contributed by atoms with van der Waals surface area (Å²) >= 11 is 6.17. The number of rotatable bonds is 8. The Morgan fingerprint density at radius 3 is 2.63 bits per heavy atom. The predicted molar refractivity (Wildman–Crippen MR) is 108 cm³/mol. The Hall–Kier alpha value is -2.63. The van der Waals surface area contributed by atoms with Gasteiger partial charge in [-0.15, -0.1) is 0 Å². The van der Waals surface area contributed by atoms with Gasteiger partial charge in [0.1, 0.15) is 0 Å². The number of hydrogen-bond donors (Lipinski definition) is 1. The highest BCUT2D eigenvalue weighted by Crippen LogP contribution is 2.19. The molecular formula is C21H23ClN4O. The van der Waals surface area contributed by atoms with Crippen LogP contribution in [0.15, 0.2) is 66.9 Å². The fourth-order valence-corrected chi connectivity index (χ4v) is 3.05. The van der Waals surface area contributed by atoms with Crippen molar-refractivity contribution < 1.29 is 4.79 Å². The third-order valence-electron chi connectivity index (χ3n) is 4.22. The lowest BCUT2D eigenvalue weighted by Gasteiger charge is -2.16. The maximum atomic E-state index is 12.3. The first-order valence-corrected chi connectivity index (χ1v) is 9.32. The molecule has 1 heterocycles. The van der Waals surface area contributed by atoms with E-state index >= 15 is 0 Å². The number of carbonyl (C=O) groups is 1. The zero-order valence-electron chi connectivity index (χ0n) is 15.3. The van der Waals surface area contributed by atoms with E-state index in [0.29, 0.717) is 17.3 Å². The molecule has 0 saturated heterocycles. The summed E-state index contributed by atoms with van der Waals surface area (Å²) in [4.78, 5) is 14.5. The molecule has 0 unspecified atom stereocenters. The predicted octanol–water partition coefficient (Wildman–Crippen LogP) is 3.78. The van der Waals surface area contributed by atoms with Gasteiger partial charge in [-0.3, -0.25) is 4.79 Å². The molecule has 0 bridgehead atoms. The molecule has 0 atom stereocenters. The van der Waals surface area contributed by atoms with Crippen molar-refractivity contribution in [1.29, 1.82) is 0 Å². The van der Waals surface area contributed by atoms with Crippen LogP contribution >= 0.6 is 11.6 Å². The van der Waals surface area contributed by atoms with Gasteiger partial charge in [-0.1, -0.05) is 54.1 Å². The van der Waals surface area contributed by atoms with Crippen LogP contribution < -0.4 is 5.32 Å². The van der Waals surface area contributed by atoms with Crippen molar-refractivity contribution in [1.82, 2.24) is 20.0 Å². The monoisotopic (exact) mass is 382 g/mol. The maximum Gasteiger partial charge on any atom is 0.271 e. The first-order valence-electron chi connectivity index (χ1n) is 8.95. The van der Waals surface area contributed by atoms with E-state index in [9.17, 15) is 4.79 Å². The van der Waals surface area contributed by atoms with Gasteiger partial charge in [0.15, 0.2) is 5.69 Å². The van der Waals surface area contributed by atoms with Crippen LogP contribution in [0.3, 0.4) is 0 Å². The lowest BCUT2D eigenvalue weighted by atomic mass is 10.2. The molecule has 6 heteroatoms. The molecule has 5 nitrogen and oxygen atoms in total. The summed E-state index contributed by atoms with van der Waals surface area (Å²) in [6.07, 6.45) is 2.62. The SMILES string of the molecule is CN(CCCNC(=O)c1ccn(-c2ccccc2Cl)n1)Cc1ccccc1. The molecule has 1 aromatic heterocycles. The maximum absolute atomic E-state index is 12.3. The lowest BCUT2D eigenvalue weighted by Crippen LogP contribution is -2.28. The van der Waals surface area contributed by atoms with Gasteiger partial charge in [0.25, 0.3) is 5.91 Å². The van der Waals surface area contributed by atoms with Gasteiger partial charge in [-0.2, -0.15) is 5.10 Å². The Morgan fingerprint density at radius 2 is 1.85 bits per heavy atom. The molecular weight excluding hydrogens is 360 g/mol. The fourth-order valence-electron chi connectivity index (χ4n) is 2.83. The Bertz CT molecular complexity index is 879. The van der Waals surface area contributed by atoms with Gasteiger partial charge in [-0.05, 0) is 43.8 Å². The zero-order valence-corrected chi connectivity index (χ0v) is 16.1. The number of carbonyl (C=O) groups excluding carboxylic acids is 1. The van der Waals surface area contributed by atoms with E-state index in [4.69, 9.17) is 11.6 Å². The van der Waals surface area contributed by atoms with E-state index < -0.39 is 0 Å². The van der Waals surface area contributed by atoms with Gasteiger partial charge in [0.05, 0.1) is 10.7 Å². The lowest BCUT2D eigenvalue weighted by molar-refractivity contribution is 0.0946. The van der Waals surface area contributed by atoms with Gasteiger partial charge in [-0.25, -0.2) is 4.68 Å². The highest BCUT2D eigenvalue weighted by atomic mass is 35.5. The van der Waals surface area contributed by atoms with Crippen molar-refractivity contribution in [3.63, 3.8) is 0 Å². The molecule has 27 heavy (non-hydrogen) atoms. The molecule has 0 aliphatic carbocycles. The molecule has 0 radical (unpaired) electrons. The average Bonchev–Trinajstić information content (AvgIpc) is 3.16. The summed E-state index contributed by atoms with van der Waals surface area (Å²) in [6.45, 7) is 2.41. The number of nitrogens with one attached hydrogen (secondary N) is 1. The number of aromatic nitrogens is 2. The molecule has 0 saturated carbocycles. The third kappa shape index (κ3) is 5.42. The van der Waals surface area contributed by atoms with Crippen LogP contribution in [0.5, 0.6) is 0 Å². The van der Waals surface area contributed by atoms with Crippen molar-refractivity contribution in [2.75, 3.05) is 20.1 Å². The largest absolute Gasteiger partial charge is 0.351 e. The van der Waals surface area contributed by atoms with Gasteiger partial charge >= 0.3 is 0 Å². The molecule has 0 aliphatic rings. The second-order valence-corrected chi connectivity index (χ2v) is 6.84. The van der Waals surface area contributed by atoms with E-state index in [-0.39, 0.29) is 5.91 Å². The summed E-state index contributed by atoms with van der Waals surface area (Å²) in [5, 5.41) is 7.84. The smallest absolute Gasteiger partial charge is 0.271 e. The van der Waals surface area contributed by atoms with Crippen molar-refractivity contribution in [3.05, 3.63) is 83.1 Å². The highest BCUT2D eigenvalue weighted by molar-refractivity contribution is 6.32. The third-order valence-corrected chi connectivity index (χ3v) is 4.54. The Balaban J connectivity index is 1.44. The number of benzene rings is 2. The zero-order chi connectivity index (χ0) is 19.1. The van der Waals surface area contributed by atoms with Crippen LogP contribution in [0.25, 0.3) is 5.69 Å². The summed E-state index contributed by atoms with van der Waals surface area (Å²) in [5.74, 6) is -0.175. The van der Waals surface area contributed by atoms with Crippen molar-refractivity contribution >= 4 is 17.5 Å². The van der Waals surface area contributed by atoms with Crippen LogP contribution in [0.1, 0.15) is 22.5 Å². The minimum Gasteiger partial charge on any atom is -0.351 e. The minimum absolute atomic E-state index is 0.175. The van der Waals surface area contributed by atoms with E-state index in [1.807, 2.05) is 36.4 Å². The summed E-state index contributed by atoms with van der Waals surface area (Å²) in [7, 11) is 2.08. The first kappa shape index (κ1) is 19.1. The molecule has 3 rings (SSSR count). The van der Waals surface area contributed by atoms with Crippen LogP contribution in [-0.4, -0.2) is 40.7 Å². The molecule has 1 N–H and O–H groups in total. The average molecular weight is 383 g/mol. The van der Waals surface area contributed by atoms with E-state index in [1.54, 1.807) is 23.0 Å². The second kappa shape index (κ2) is 9.35. The highest BCUT2D eigenvalue weighted by Gasteiger charge is 2.11.